The smallest absolute Gasteiger partial charge is 0.261 e. The van der Waals surface area contributed by atoms with E-state index in [9.17, 15) is 13.2 Å². The first-order valence-electron chi connectivity index (χ1n) is 13.4. The molecule has 2 N–H and O–H groups in total. The van der Waals surface area contributed by atoms with Gasteiger partial charge in [0.05, 0.1) is 30.9 Å². The van der Waals surface area contributed by atoms with Crippen LogP contribution in [0.5, 0.6) is 17.2 Å². The number of carbonyl (C=O) groups excluding carboxylic acids is 1. The zero-order valence-corrected chi connectivity index (χ0v) is 26.5. The molecule has 0 radical (unpaired) electrons. The summed E-state index contributed by atoms with van der Waals surface area (Å²) >= 11 is 1.64. The van der Waals surface area contributed by atoms with Crippen molar-refractivity contribution < 1.29 is 27.4 Å². The minimum atomic E-state index is -3.76. The lowest BCUT2D eigenvalue weighted by molar-refractivity contribution is 0.0948. The fraction of sp³-hybridized carbons (Fsp3) is 0.310. The van der Waals surface area contributed by atoms with Crippen LogP contribution >= 0.6 is 23.7 Å². The molecule has 1 aliphatic rings. The van der Waals surface area contributed by atoms with Gasteiger partial charge in [0.1, 0.15) is 11.3 Å². The van der Waals surface area contributed by atoms with Crippen molar-refractivity contribution in [2.75, 3.05) is 70.2 Å². The van der Waals surface area contributed by atoms with Gasteiger partial charge in [-0.25, -0.2) is 13.4 Å². The van der Waals surface area contributed by atoms with Crippen molar-refractivity contribution in [1.29, 1.82) is 0 Å². The molecule has 1 aliphatic heterocycles. The number of hydrogen-bond acceptors (Lipinski definition) is 10. The van der Waals surface area contributed by atoms with Crippen LogP contribution in [0.15, 0.2) is 65.6 Å². The van der Waals surface area contributed by atoms with Crippen LogP contribution in [0.1, 0.15) is 10.4 Å². The number of anilines is 2. The van der Waals surface area contributed by atoms with Gasteiger partial charge < -0.3 is 24.4 Å². The third kappa shape index (κ3) is 7.42. The molecule has 3 aromatic carbocycles. The van der Waals surface area contributed by atoms with E-state index < -0.39 is 10.0 Å². The Morgan fingerprint density at radius 2 is 1.60 bits per heavy atom. The summed E-state index contributed by atoms with van der Waals surface area (Å²) < 4.78 is 44.9. The summed E-state index contributed by atoms with van der Waals surface area (Å²) in [5.74, 6) is 1.67. The quantitative estimate of drug-likeness (QED) is 0.248. The molecule has 11 nitrogen and oxygen atoms in total. The number of fused-ring (bicyclic) bond motifs is 1. The summed E-state index contributed by atoms with van der Waals surface area (Å²) in [6, 6.07) is 16.4. The van der Waals surface area contributed by atoms with Gasteiger partial charge in [-0.3, -0.25) is 14.4 Å². The molecule has 14 heteroatoms. The Labute approximate surface area is 261 Å². The number of thiazole rings is 1. The number of methoxy groups -OCH3 is 3. The molecule has 0 bridgehead atoms. The average molecular weight is 648 g/mol. The highest BCUT2D eigenvalue weighted by Crippen LogP contribution is 2.40. The van der Waals surface area contributed by atoms with E-state index in [1.54, 1.807) is 62.0 Å². The van der Waals surface area contributed by atoms with Gasteiger partial charge in [-0.2, -0.15) is 0 Å². The van der Waals surface area contributed by atoms with Crippen molar-refractivity contribution in [2.45, 2.75) is 4.90 Å². The van der Waals surface area contributed by atoms with Gasteiger partial charge in [-0.05, 0) is 60.7 Å². The second kappa shape index (κ2) is 14.1. The maximum absolute atomic E-state index is 12.7. The van der Waals surface area contributed by atoms with E-state index in [1.165, 1.54) is 19.2 Å². The van der Waals surface area contributed by atoms with Gasteiger partial charge >= 0.3 is 0 Å². The fourth-order valence-corrected chi connectivity index (χ4v) is 6.76. The molecule has 1 amide bonds. The molecule has 1 fully saturated rings. The molecule has 2 heterocycles. The number of carbonyl (C=O) groups is 1. The molecule has 0 spiro atoms. The van der Waals surface area contributed by atoms with Crippen molar-refractivity contribution in [2.24, 2.45) is 0 Å². The summed E-state index contributed by atoms with van der Waals surface area (Å²) in [5.41, 5.74) is 1.63. The van der Waals surface area contributed by atoms with Crippen LogP contribution in [-0.4, -0.2) is 84.8 Å². The molecule has 0 atom stereocenters. The highest BCUT2D eigenvalue weighted by molar-refractivity contribution is 7.92. The molecule has 0 saturated carbocycles. The summed E-state index contributed by atoms with van der Waals surface area (Å²) in [6.45, 7) is 4.61. The molecule has 1 saturated heterocycles. The number of hydrogen-bond donors (Lipinski definition) is 2. The van der Waals surface area contributed by atoms with Gasteiger partial charge in [0.25, 0.3) is 15.9 Å². The number of halogens is 1. The number of amides is 1. The maximum atomic E-state index is 12.7. The monoisotopic (exact) mass is 647 g/mol. The number of nitrogens with zero attached hydrogens (tertiary/aromatic N) is 3. The van der Waals surface area contributed by atoms with Gasteiger partial charge in [0, 0.05) is 50.5 Å². The van der Waals surface area contributed by atoms with Crippen LogP contribution in [0, 0.1) is 0 Å². The van der Waals surface area contributed by atoms with Crippen LogP contribution in [0.4, 0.5) is 10.8 Å². The predicted octanol–water partition coefficient (Wildman–Crippen LogP) is 4.10. The average Bonchev–Trinajstić information content (AvgIpc) is 3.45. The highest BCUT2D eigenvalue weighted by atomic mass is 35.5. The van der Waals surface area contributed by atoms with Crippen molar-refractivity contribution in [3.05, 3.63) is 66.2 Å². The zero-order valence-electron chi connectivity index (χ0n) is 24.0. The maximum Gasteiger partial charge on any atom is 0.261 e. The number of nitrogens with one attached hydrogen (secondary N) is 2. The largest absolute Gasteiger partial charge is 0.497 e. The van der Waals surface area contributed by atoms with Gasteiger partial charge in [-0.1, -0.05) is 11.3 Å². The number of benzene rings is 3. The first-order chi connectivity index (χ1) is 20.3. The standard InChI is InChI=1S/C29H33N5O6S2.ClH/c1-38-22-8-10-23(11-9-22)42(36,37)32-21-6-4-20(5-7-21)28(35)30-14-15-33-16-18-34(19-17-33)29-31-26-25(41-29)13-12-24(39-2)27(26)40-3;/h4-13,32H,14-19H2,1-3H3,(H,30,35);1H. The van der Waals surface area contributed by atoms with Crippen LogP contribution in [0.2, 0.25) is 0 Å². The molecule has 4 aromatic rings. The summed E-state index contributed by atoms with van der Waals surface area (Å²) in [6.07, 6.45) is 0. The Kier molecular flexibility index (Phi) is 10.6. The molecule has 43 heavy (non-hydrogen) atoms. The predicted molar refractivity (Wildman–Crippen MR) is 171 cm³/mol. The minimum Gasteiger partial charge on any atom is -0.497 e. The second-order valence-electron chi connectivity index (χ2n) is 9.59. The van der Waals surface area contributed by atoms with E-state index in [0.29, 0.717) is 35.0 Å². The van der Waals surface area contributed by atoms with Gasteiger partial charge in [0.2, 0.25) is 0 Å². The van der Waals surface area contributed by atoms with Crippen LogP contribution in [0.3, 0.4) is 0 Å². The van der Waals surface area contributed by atoms with Crippen molar-refractivity contribution in [3.8, 4) is 17.2 Å². The Hall–Kier alpha value is -3.78. The molecule has 230 valence electrons. The van der Waals surface area contributed by atoms with Crippen molar-refractivity contribution in [3.63, 3.8) is 0 Å². The molecular weight excluding hydrogens is 614 g/mol. The van der Waals surface area contributed by atoms with E-state index in [0.717, 1.165) is 48.1 Å². The number of rotatable bonds is 11. The lowest BCUT2D eigenvalue weighted by Crippen LogP contribution is -2.48. The zero-order chi connectivity index (χ0) is 29.7. The fourth-order valence-electron chi connectivity index (χ4n) is 4.68. The normalized spacial score (nSPS) is 13.7. The molecule has 0 aliphatic carbocycles. The SMILES string of the molecule is COc1ccc(S(=O)(=O)Nc2ccc(C(=O)NCCN3CCN(c4nc5c(OC)c(OC)ccc5s4)CC3)cc2)cc1.Cl. The summed E-state index contributed by atoms with van der Waals surface area (Å²) in [5, 5.41) is 3.91. The third-order valence-electron chi connectivity index (χ3n) is 7.02. The number of aromatic nitrogens is 1. The lowest BCUT2D eigenvalue weighted by atomic mass is 10.2. The highest BCUT2D eigenvalue weighted by Gasteiger charge is 2.22. The van der Waals surface area contributed by atoms with Crippen LogP contribution in [-0.2, 0) is 10.0 Å². The molecule has 1 aromatic heterocycles. The van der Waals surface area contributed by atoms with E-state index in [-0.39, 0.29) is 23.2 Å². The van der Waals surface area contributed by atoms with Crippen molar-refractivity contribution in [1.82, 2.24) is 15.2 Å². The topological polar surface area (TPSA) is 122 Å². The first kappa shape index (κ1) is 32.1. The summed E-state index contributed by atoms with van der Waals surface area (Å²) in [7, 11) is 0.995. The first-order valence-corrected chi connectivity index (χ1v) is 15.6. The molecular formula is C29H34ClN5O6S2. The Bertz CT molecular complexity index is 1640. The second-order valence-corrected chi connectivity index (χ2v) is 12.3. The molecule has 0 unspecified atom stereocenters. The summed E-state index contributed by atoms with van der Waals surface area (Å²) in [4.78, 5) is 22.2. The van der Waals surface area contributed by atoms with Crippen LogP contribution < -0.4 is 29.1 Å². The Morgan fingerprint density at radius 1 is 0.907 bits per heavy atom. The number of ether oxygens (including phenoxy) is 3. The van der Waals surface area contributed by atoms with Crippen LogP contribution in [0.25, 0.3) is 10.2 Å². The van der Waals surface area contributed by atoms with E-state index >= 15 is 0 Å². The Morgan fingerprint density at radius 3 is 2.23 bits per heavy atom. The third-order valence-corrected chi connectivity index (χ3v) is 9.50. The lowest BCUT2D eigenvalue weighted by Gasteiger charge is -2.34. The van der Waals surface area contributed by atoms with Crippen molar-refractivity contribution >= 4 is 60.7 Å². The Balaban J connectivity index is 0.00000423. The number of sulfonamides is 1. The van der Waals surface area contributed by atoms with Gasteiger partial charge in [-0.15, -0.1) is 12.4 Å². The van der Waals surface area contributed by atoms with Gasteiger partial charge in [0.15, 0.2) is 16.6 Å². The van der Waals surface area contributed by atoms with E-state index in [2.05, 4.69) is 19.8 Å². The minimum absolute atomic E-state index is 0. The molecule has 5 rings (SSSR count). The van der Waals surface area contributed by atoms with E-state index in [1.807, 2.05) is 12.1 Å². The van der Waals surface area contributed by atoms with E-state index in [4.69, 9.17) is 19.2 Å². The number of piperazine rings is 1.